The average molecular weight is 195 g/mol. The number of hydrogen-bond donors (Lipinski definition) is 0. The molecule has 15 heavy (non-hydrogen) atoms. The Morgan fingerprint density at radius 1 is 1.13 bits per heavy atom. The molecule has 2 rings (SSSR count). The van der Waals surface area contributed by atoms with E-state index in [0.29, 0.717) is 5.57 Å². The molecule has 1 heteroatoms. The van der Waals surface area contributed by atoms with Gasteiger partial charge in [-0.15, -0.1) is 0 Å². The van der Waals surface area contributed by atoms with Crippen molar-refractivity contribution < 1.29 is 4.79 Å². The number of benzene rings is 2. The zero-order valence-electron chi connectivity index (χ0n) is 8.53. The second kappa shape index (κ2) is 4.09. The van der Waals surface area contributed by atoms with Gasteiger partial charge in [0, 0.05) is 5.57 Å². The fourth-order valence-electron chi connectivity index (χ4n) is 1.64. The molecule has 0 unspecified atom stereocenters. The fourth-order valence-corrected chi connectivity index (χ4v) is 1.64. The number of fused-ring (bicyclic) bond motifs is 1. The van der Waals surface area contributed by atoms with E-state index in [0.717, 1.165) is 10.9 Å². The lowest BCUT2D eigenvalue weighted by Gasteiger charge is -2.01. The molecule has 1 radical (unpaired) electrons. The highest BCUT2D eigenvalue weighted by Crippen LogP contribution is 2.20. The Morgan fingerprint density at radius 2 is 1.87 bits per heavy atom. The zero-order valence-corrected chi connectivity index (χ0v) is 8.53. The maximum atomic E-state index is 10.5. The molecule has 0 aliphatic rings. The van der Waals surface area contributed by atoms with Gasteiger partial charge in [-0.1, -0.05) is 42.5 Å². The Morgan fingerprint density at radius 3 is 2.67 bits per heavy atom. The van der Waals surface area contributed by atoms with Crippen LogP contribution in [0, 0.1) is 0 Å². The Balaban J connectivity index is 2.66. The van der Waals surface area contributed by atoms with Crippen molar-refractivity contribution in [3.8, 4) is 0 Å². The van der Waals surface area contributed by atoms with Gasteiger partial charge in [0.15, 0.2) is 0 Å². The van der Waals surface area contributed by atoms with Crippen LogP contribution >= 0.6 is 0 Å². The molecule has 0 amide bonds. The zero-order chi connectivity index (χ0) is 10.7. The van der Waals surface area contributed by atoms with Gasteiger partial charge >= 0.3 is 0 Å². The Bertz CT molecular complexity index is 518. The van der Waals surface area contributed by atoms with E-state index >= 15 is 0 Å². The smallest absolute Gasteiger partial charge is 0.228 e. The molecule has 2 aromatic carbocycles. The lowest BCUT2D eigenvalue weighted by Crippen LogP contribution is -1.80. The molecule has 2 aromatic rings. The Kier molecular flexibility index (Phi) is 2.64. The van der Waals surface area contributed by atoms with Crippen LogP contribution in [0.1, 0.15) is 12.5 Å². The molecule has 0 bridgehead atoms. The van der Waals surface area contributed by atoms with Crippen LogP contribution in [-0.4, -0.2) is 6.29 Å². The summed E-state index contributed by atoms with van der Waals surface area (Å²) in [5.41, 5.74) is 1.68. The van der Waals surface area contributed by atoms with Crippen LogP contribution in [-0.2, 0) is 4.79 Å². The first-order valence-electron chi connectivity index (χ1n) is 4.85. The summed E-state index contributed by atoms with van der Waals surface area (Å²) < 4.78 is 0. The lowest BCUT2D eigenvalue weighted by molar-refractivity contribution is 0.562. The van der Waals surface area contributed by atoms with Crippen molar-refractivity contribution >= 4 is 23.1 Å². The van der Waals surface area contributed by atoms with Crippen LogP contribution in [0.5, 0.6) is 0 Å². The number of hydrogen-bond acceptors (Lipinski definition) is 1. The van der Waals surface area contributed by atoms with E-state index < -0.39 is 0 Å². The SMILES string of the molecule is C/C([C]=O)=C\c1cccc2ccccc12. The van der Waals surface area contributed by atoms with Gasteiger partial charge in [-0.05, 0) is 29.3 Å². The van der Waals surface area contributed by atoms with Gasteiger partial charge in [-0.25, -0.2) is 0 Å². The van der Waals surface area contributed by atoms with Gasteiger partial charge in [0.05, 0.1) is 0 Å². The highest BCUT2D eigenvalue weighted by atomic mass is 16.1. The molecule has 0 aliphatic carbocycles. The number of allylic oxidation sites excluding steroid dienone is 1. The molecule has 0 N–H and O–H groups in total. The molecule has 0 atom stereocenters. The minimum atomic E-state index is 0.617. The summed E-state index contributed by atoms with van der Waals surface area (Å²) in [6.45, 7) is 1.76. The summed E-state index contributed by atoms with van der Waals surface area (Å²) in [4.78, 5) is 10.5. The van der Waals surface area contributed by atoms with Crippen molar-refractivity contribution in [1.29, 1.82) is 0 Å². The highest BCUT2D eigenvalue weighted by Gasteiger charge is 1.97. The van der Waals surface area contributed by atoms with Crippen molar-refractivity contribution in [2.75, 3.05) is 0 Å². The second-order valence-electron chi connectivity index (χ2n) is 3.50. The quantitative estimate of drug-likeness (QED) is 0.671. The van der Waals surface area contributed by atoms with Crippen molar-refractivity contribution in [1.82, 2.24) is 0 Å². The third-order valence-corrected chi connectivity index (χ3v) is 2.36. The lowest BCUT2D eigenvalue weighted by atomic mass is 10.0. The molecule has 0 spiro atoms. The predicted molar refractivity (Wildman–Crippen MR) is 63.3 cm³/mol. The average Bonchev–Trinajstić information content (AvgIpc) is 2.29. The van der Waals surface area contributed by atoms with Gasteiger partial charge in [-0.3, -0.25) is 4.79 Å². The third-order valence-electron chi connectivity index (χ3n) is 2.36. The summed E-state index contributed by atoms with van der Waals surface area (Å²) in [7, 11) is 0. The van der Waals surface area contributed by atoms with Crippen LogP contribution < -0.4 is 0 Å². The van der Waals surface area contributed by atoms with Crippen LogP contribution in [0.15, 0.2) is 48.0 Å². The van der Waals surface area contributed by atoms with Gasteiger partial charge in [-0.2, -0.15) is 0 Å². The summed E-state index contributed by atoms with van der Waals surface area (Å²) in [6.07, 6.45) is 3.75. The van der Waals surface area contributed by atoms with Crippen molar-refractivity contribution in [3.63, 3.8) is 0 Å². The highest BCUT2D eigenvalue weighted by molar-refractivity contribution is 5.93. The predicted octanol–water partition coefficient (Wildman–Crippen LogP) is 3.35. The molecule has 0 fully saturated rings. The Hall–Kier alpha value is -1.89. The van der Waals surface area contributed by atoms with Crippen molar-refractivity contribution in [3.05, 3.63) is 53.6 Å². The molecular weight excluding hydrogens is 184 g/mol. The van der Waals surface area contributed by atoms with Crippen molar-refractivity contribution in [2.45, 2.75) is 6.92 Å². The second-order valence-corrected chi connectivity index (χ2v) is 3.50. The third kappa shape index (κ3) is 1.96. The minimum Gasteiger partial charge on any atom is -0.285 e. The van der Waals surface area contributed by atoms with Gasteiger partial charge in [0.25, 0.3) is 0 Å². The van der Waals surface area contributed by atoms with Crippen LogP contribution in [0.2, 0.25) is 0 Å². The molecule has 0 saturated heterocycles. The molecule has 0 aromatic heterocycles. The first-order valence-corrected chi connectivity index (χ1v) is 4.85. The van der Waals surface area contributed by atoms with Gasteiger partial charge in [0.1, 0.15) is 0 Å². The maximum Gasteiger partial charge on any atom is 0.228 e. The van der Waals surface area contributed by atoms with Gasteiger partial charge < -0.3 is 0 Å². The van der Waals surface area contributed by atoms with E-state index in [-0.39, 0.29) is 0 Å². The van der Waals surface area contributed by atoms with Gasteiger partial charge in [0.2, 0.25) is 6.29 Å². The largest absolute Gasteiger partial charge is 0.285 e. The normalized spacial score (nSPS) is 11.7. The maximum absolute atomic E-state index is 10.5. The number of rotatable bonds is 2. The van der Waals surface area contributed by atoms with E-state index in [4.69, 9.17) is 0 Å². The van der Waals surface area contributed by atoms with E-state index in [1.807, 2.05) is 36.6 Å². The molecule has 73 valence electrons. The molecule has 0 aliphatic heterocycles. The van der Waals surface area contributed by atoms with E-state index in [2.05, 4.69) is 18.2 Å². The monoisotopic (exact) mass is 195 g/mol. The summed E-state index contributed by atoms with van der Waals surface area (Å²) in [6, 6.07) is 14.2. The fraction of sp³-hybridized carbons (Fsp3) is 0.0714. The first-order chi connectivity index (χ1) is 7.31. The first kappa shape index (κ1) is 9.66. The number of carbonyl (C=O) groups excluding carboxylic acids is 1. The van der Waals surface area contributed by atoms with E-state index in [9.17, 15) is 4.79 Å². The minimum absolute atomic E-state index is 0.617. The van der Waals surface area contributed by atoms with E-state index in [1.165, 1.54) is 5.39 Å². The standard InChI is InChI=1S/C14H11O/c1-11(10-15)9-13-7-4-6-12-5-2-3-8-14(12)13/h2-9H,1H3/b11-9+. The summed E-state index contributed by atoms with van der Waals surface area (Å²) in [5.74, 6) is 0. The topological polar surface area (TPSA) is 17.1 Å². The van der Waals surface area contributed by atoms with Crippen LogP contribution in [0.4, 0.5) is 0 Å². The summed E-state index contributed by atoms with van der Waals surface area (Å²) >= 11 is 0. The van der Waals surface area contributed by atoms with Crippen LogP contribution in [0.25, 0.3) is 16.8 Å². The molecular formula is C14H11O. The Labute approximate surface area is 89.0 Å². The van der Waals surface area contributed by atoms with Crippen molar-refractivity contribution in [2.24, 2.45) is 0 Å². The molecule has 0 saturated carbocycles. The van der Waals surface area contributed by atoms with E-state index in [1.54, 1.807) is 6.92 Å². The molecule has 1 nitrogen and oxygen atoms in total. The summed E-state index contributed by atoms with van der Waals surface area (Å²) in [5, 5.41) is 2.35. The van der Waals surface area contributed by atoms with Crippen LogP contribution in [0.3, 0.4) is 0 Å². The molecule has 0 heterocycles.